The van der Waals surface area contributed by atoms with Crippen molar-refractivity contribution in [1.82, 2.24) is 4.72 Å². The molecule has 1 aromatic heterocycles. The van der Waals surface area contributed by atoms with E-state index < -0.39 is 15.9 Å². The number of fused-ring (bicyclic) bond motifs is 3. The van der Waals surface area contributed by atoms with Crippen molar-refractivity contribution in [2.45, 2.75) is 6.92 Å². The number of carbonyl (C=O) groups excluding carboxylic acids is 1. The van der Waals surface area contributed by atoms with Crippen molar-refractivity contribution in [2.24, 2.45) is 0 Å². The Balaban J connectivity index is 1.40. The average molecular weight is 420 g/mol. The van der Waals surface area contributed by atoms with Crippen molar-refractivity contribution >= 4 is 49.6 Å². The summed E-state index contributed by atoms with van der Waals surface area (Å²) in [5.74, 6) is -0.463. The van der Waals surface area contributed by atoms with Gasteiger partial charge in [0.05, 0.1) is 6.54 Å². The number of carbonyl (C=O) groups is 1. The molecule has 0 spiro atoms. The van der Waals surface area contributed by atoms with Crippen LogP contribution < -0.4 is 10.0 Å². The molecule has 2 N–H and O–H groups in total. The van der Waals surface area contributed by atoms with Gasteiger partial charge in [0.15, 0.2) is 0 Å². The molecule has 1 amide bonds. The summed E-state index contributed by atoms with van der Waals surface area (Å²) in [5, 5.41) is 5.59. The first-order chi connectivity index (χ1) is 14.4. The third-order valence-electron chi connectivity index (χ3n) is 4.61. The third kappa shape index (κ3) is 4.59. The first kappa shape index (κ1) is 19.9. The zero-order valence-electron chi connectivity index (χ0n) is 16.3. The number of sulfonamides is 1. The minimum absolute atomic E-state index is 0.370. The number of benzene rings is 3. The highest BCUT2D eigenvalue weighted by molar-refractivity contribution is 7.92. The number of rotatable bonds is 6. The van der Waals surface area contributed by atoms with Gasteiger partial charge in [0, 0.05) is 21.9 Å². The molecule has 6 nitrogen and oxygen atoms in total. The summed E-state index contributed by atoms with van der Waals surface area (Å²) in [7, 11) is -3.74. The Morgan fingerprint density at radius 3 is 2.50 bits per heavy atom. The molecule has 7 heteroatoms. The summed E-state index contributed by atoms with van der Waals surface area (Å²) in [5.41, 5.74) is 3.90. The zero-order valence-corrected chi connectivity index (χ0v) is 17.1. The lowest BCUT2D eigenvalue weighted by atomic mass is 10.1. The van der Waals surface area contributed by atoms with Crippen LogP contribution >= 0.6 is 0 Å². The molecular formula is C23H20N2O4S. The number of nitrogens with one attached hydrogen (secondary N) is 2. The standard InChI is InChI=1S/C23H20N2O4S/c1-16-6-8-17(9-7-16)12-13-30(27,28)24-15-23(26)25-18-10-11-22-20(14-18)19-4-2-3-5-21(19)29-22/h2-14,24H,15H2,1H3,(H,25,26)/b13-12+. The fourth-order valence-corrected chi connectivity index (χ4v) is 3.83. The van der Waals surface area contributed by atoms with E-state index >= 15 is 0 Å². The van der Waals surface area contributed by atoms with Crippen LogP contribution in [0.2, 0.25) is 0 Å². The second-order valence-corrected chi connectivity index (χ2v) is 8.59. The van der Waals surface area contributed by atoms with Crippen LogP contribution in [0.3, 0.4) is 0 Å². The fraction of sp³-hybridized carbons (Fsp3) is 0.0870. The van der Waals surface area contributed by atoms with Crippen molar-refractivity contribution in [3.8, 4) is 0 Å². The molecule has 30 heavy (non-hydrogen) atoms. The summed E-state index contributed by atoms with van der Waals surface area (Å²) in [6.07, 6.45) is 1.48. The molecule has 0 atom stereocenters. The normalized spacial score (nSPS) is 12.0. The monoisotopic (exact) mass is 420 g/mol. The van der Waals surface area contributed by atoms with Crippen LogP contribution in [0.4, 0.5) is 5.69 Å². The molecule has 0 radical (unpaired) electrons. The third-order valence-corrected chi connectivity index (χ3v) is 5.65. The molecule has 4 aromatic rings. The van der Waals surface area contributed by atoms with E-state index in [1.807, 2.05) is 61.5 Å². The van der Waals surface area contributed by atoms with Crippen molar-refractivity contribution in [1.29, 1.82) is 0 Å². The molecule has 0 aliphatic carbocycles. The molecule has 4 rings (SSSR count). The van der Waals surface area contributed by atoms with Crippen LogP contribution in [0.1, 0.15) is 11.1 Å². The Morgan fingerprint density at radius 2 is 1.70 bits per heavy atom. The van der Waals surface area contributed by atoms with Gasteiger partial charge in [-0.05, 0) is 42.8 Å². The molecule has 152 valence electrons. The molecule has 0 bridgehead atoms. The van der Waals surface area contributed by atoms with E-state index in [2.05, 4.69) is 10.0 Å². The van der Waals surface area contributed by atoms with Crippen molar-refractivity contribution in [3.63, 3.8) is 0 Å². The van der Waals surface area contributed by atoms with Gasteiger partial charge in [-0.2, -0.15) is 0 Å². The predicted molar refractivity (Wildman–Crippen MR) is 119 cm³/mol. The van der Waals surface area contributed by atoms with Crippen molar-refractivity contribution in [3.05, 3.63) is 83.3 Å². The minimum Gasteiger partial charge on any atom is -0.456 e. The van der Waals surface area contributed by atoms with Gasteiger partial charge in [0.25, 0.3) is 0 Å². The summed E-state index contributed by atoms with van der Waals surface area (Å²) in [4.78, 5) is 12.2. The van der Waals surface area contributed by atoms with E-state index in [4.69, 9.17) is 4.42 Å². The lowest BCUT2D eigenvalue weighted by Gasteiger charge is -2.06. The van der Waals surface area contributed by atoms with Crippen molar-refractivity contribution in [2.75, 3.05) is 11.9 Å². The fourth-order valence-electron chi connectivity index (χ4n) is 3.07. The number of amides is 1. The van der Waals surface area contributed by atoms with Gasteiger partial charge in [-0.1, -0.05) is 48.0 Å². The lowest BCUT2D eigenvalue weighted by molar-refractivity contribution is -0.115. The van der Waals surface area contributed by atoms with Gasteiger partial charge in [-0.15, -0.1) is 0 Å². The molecular weight excluding hydrogens is 400 g/mol. The van der Waals surface area contributed by atoms with Gasteiger partial charge in [0.1, 0.15) is 11.2 Å². The SMILES string of the molecule is Cc1ccc(/C=C/S(=O)(=O)NCC(=O)Nc2ccc3oc4ccccc4c3c2)cc1. The minimum atomic E-state index is -3.74. The maximum atomic E-state index is 12.2. The highest BCUT2D eigenvalue weighted by Crippen LogP contribution is 2.30. The number of para-hydroxylation sites is 1. The quantitative estimate of drug-likeness (QED) is 0.483. The number of aryl methyl sites for hydroxylation is 1. The number of anilines is 1. The van der Waals surface area contributed by atoms with E-state index in [0.29, 0.717) is 5.69 Å². The molecule has 1 heterocycles. The zero-order chi connectivity index (χ0) is 21.1. The average Bonchev–Trinajstić information content (AvgIpc) is 3.10. The van der Waals surface area contributed by atoms with E-state index in [-0.39, 0.29) is 6.54 Å². The number of furan rings is 1. The smallest absolute Gasteiger partial charge is 0.239 e. The van der Waals surface area contributed by atoms with Gasteiger partial charge >= 0.3 is 0 Å². The Labute approximate surface area is 174 Å². The topological polar surface area (TPSA) is 88.4 Å². The van der Waals surface area contributed by atoms with E-state index in [0.717, 1.165) is 38.5 Å². The van der Waals surface area contributed by atoms with E-state index in [9.17, 15) is 13.2 Å². The van der Waals surface area contributed by atoms with Crippen LogP contribution in [0.5, 0.6) is 0 Å². The van der Waals surface area contributed by atoms with Gasteiger partial charge in [-0.3, -0.25) is 4.79 Å². The Hall–Kier alpha value is -3.42. The molecule has 0 saturated carbocycles. The first-order valence-corrected chi connectivity index (χ1v) is 10.9. The van der Waals surface area contributed by atoms with Crippen LogP contribution in [-0.4, -0.2) is 20.9 Å². The highest BCUT2D eigenvalue weighted by Gasteiger charge is 2.11. The van der Waals surface area contributed by atoms with Crippen LogP contribution in [-0.2, 0) is 14.8 Å². The van der Waals surface area contributed by atoms with Gasteiger partial charge < -0.3 is 9.73 Å². The first-order valence-electron chi connectivity index (χ1n) is 9.35. The van der Waals surface area contributed by atoms with Crippen LogP contribution in [0.25, 0.3) is 28.0 Å². The highest BCUT2D eigenvalue weighted by atomic mass is 32.2. The van der Waals surface area contributed by atoms with Crippen LogP contribution in [0, 0.1) is 6.92 Å². The molecule has 0 aliphatic rings. The van der Waals surface area contributed by atoms with Crippen molar-refractivity contribution < 1.29 is 17.6 Å². The summed E-state index contributed by atoms with van der Waals surface area (Å²) < 4.78 is 32.3. The summed E-state index contributed by atoms with van der Waals surface area (Å²) >= 11 is 0. The maximum Gasteiger partial charge on any atom is 0.239 e. The summed E-state index contributed by atoms with van der Waals surface area (Å²) in [6.45, 7) is 1.59. The maximum absolute atomic E-state index is 12.2. The van der Waals surface area contributed by atoms with E-state index in [1.165, 1.54) is 6.08 Å². The van der Waals surface area contributed by atoms with Gasteiger partial charge in [0.2, 0.25) is 15.9 Å². The Kier molecular flexibility index (Phi) is 5.39. The molecule has 0 unspecified atom stereocenters. The molecule has 0 aliphatic heterocycles. The second-order valence-electron chi connectivity index (χ2n) is 6.94. The second kappa shape index (κ2) is 8.14. The number of hydrogen-bond acceptors (Lipinski definition) is 4. The Bertz CT molecular complexity index is 1350. The molecule has 0 saturated heterocycles. The largest absolute Gasteiger partial charge is 0.456 e. The summed E-state index contributed by atoms with van der Waals surface area (Å²) in [6, 6.07) is 20.4. The van der Waals surface area contributed by atoms with Gasteiger partial charge in [-0.25, -0.2) is 13.1 Å². The number of hydrogen-bond donors (Lipinski definition) is 2. The molecule has 3 aromatic carbocycles. The van der Waals surface area contributed by atoms with Crippen LogP contribution in [0.15, 0.2) is 76.6 Å². The lowest BCUT2D eigenvalue weighted by Crippen LogP contribution is -2.31. The molecule has 0 fully saturated rings. The van der Waals surface area contributed by atoms with E-state index in [1.54, 1.807) is 12.1 Å². The predicted octanol–water partition coefficient (Wildman–Crippen LogP) is 4.42. The Morgan fingerprint density at radius 1 is 0.967 bits per heavy atom.